The Kier molecular flexibility index (Phi) is 3.53. The summed E-state index contributed by atoms with van der Waals surface area (Å²) in [6, 6.07) is 8.24. The van der Waals surface area contributed by atoms with Crippen LogP contribution in [0.3, 0.4) is 0 Å². The van der Waals surface area contributed by atoms with Crippen molar-refractivity contribution < 1.29 is 4.74 Å². The summed E-state index contributed by atoms with van der Waals surface area (Å²) in [5, 5.41) is 1.18. The van der Waals surface area contributed by atoms with Gasteiger partial charge in [0.2, 0.25) is 0 Å². The minimum absolute atomic E-state index is 0.347. The fourth-order valence-electron chi connectivity index (χ4n) is 2.68. The summed E-state index contributed by atoms with van der Waals surface area (Å²) in [5.74, 6) is 0. The molecule has 1 aliphatic rings. The topological polar surface area (TPSA) is 40.2 Å². The number of nitrogens with two attached hydrogens (primary N) is 1. The van der Waals surface area contributed by atoms with Crippen LogP contribution >= 0.6 is 12.2 Å². The van der Waals surface area contributed by atoms with Gasteiger partial charge < -0.3 is 15.0 Å². The zero-order valence-corrected chi connectivity index (χ0v) is 11.7. The van der Waals surface area contributed by atoms with Crippen molar-refractivity contribution in [2.24, 2.45) is 5.73 Å². The molecule has 4 heteroatoms. The molecular formula is C15H18N2OS. The van der Waals surface area contributed by atoms with E-state index in [1.165, 1.54) is 23.7 Å². The Bertz CT molecular complexity index is 599. The Hall–Kier alpha value is -1.39. The highest BCUT2D eigenvalue weighted by Crippen LogP contribution is 2.21. The van der Waals surface area contributed by atoms with Crippen molar-refractivity contribution in [2.75, 3.05) is 6.61 Å². The first-order valence-electron chi connectivity index (χ1n) is 6.74. The Morgan fingerprint density at radius 2 is 2.26 bits per heavy atom. The molecule has 1 aromatic carbocycles. The number of rotatable bonds is 3. The molecule has 3 nitrogen and oxygen atoms in total. The molecule has 0 amide bonds. The van der Waals surface area contributed by atoms with Crippen LogP contribution in [0.15, 0.2) is 30.5 Å². The van der Waals surface area contributed by atoms with Crippen LogP contribution in [0.1, 0.15) is 24.8 Å². The molecule has 100 valence electrons. The van der Waals surface area contributed by atoms with Crippen molar-refractivity contribution in [1.82, 2.24) is 4.57 Å². The molecule has 0 aliphatic carbocycles. The summed E-state index contributed by atoms with van der Waals surface area (Å²) >= 11 is 5.01. The van der Waals surface area contributed by atoms with Gasteiger partial charge >= 0.3 is 0 Å². The molecule has 2 heterocycles. The highest BCUT2D eigenvalue weighted by atomic mass is 32.1. The van der Waals surface area contributed by atoms with Crippen LogP contribution in [0, 0.1) is 0 Å². The van der Waals surface area contributed by atoms with Gasteiger partial charge in [0.05, 0.1) is 6.10 Å². The largest absolute Gasteiger partial charge is 0.389 e. The first kappa shape index (κ1) is 12.6. The van der Waals surface area contributed by atoms with Gasteiger partial charge in [-0.25, -0.2) is 0 Å². The molecule has 1 aromatic heterocycles. The van der Waals surface area contributed by atoms with Gasteiger partial charge in [-0.1, -0.05) is 12.2 Å². The second-order valence-electron chi connectivity index (χ2n) is 5.09. The zero-order chi connectivity index (χ0) is 13.2. The van der Waals surface area contributed by atoms with Gasteiger partial charge in [-0.05, 0) is 43.5 Å². The summed E-state index contributed by atoms with van der Waals surface area (Å²) < 4.78 is 8.06. The molecule has 19 heavy (non-hydrogen) atoms. The van der Waals surface area contributed by atoms with E-state index < -0.39 is 0 Å². The van der Waals surface area contributed by atoms with Crippen molar-refractivity contribution in [2.45, 2.75) is 31.9 Å². The second kappa shape index (κ2) is 5.31. The van der Waals surface area contributed by atoms with E-state index in [1.54, 1.807) is 0 Å². The maximum Gasteiger partial charge on any atom is 0.104 e. The van der Waals surface area contributed by atoms with Gasteiger partial charge in [0.25, 0.3) is 0 Å². The van der Waals surface area contributed by atoms with Gasteiger partial charge in [0, 0.05) is 35.8 Å². The van der Waals surface area contributed by atoms with Crippen LogP contribution in [0.5, 0.6) is 0 Å². The van der Waals surface area contributed by atoms with E-state index in [2.05, 4.69) is 29.0 Å². The van der Waals surface area contributed by atoms with Crippen LogP contribution in [-0.4, -0.2) is 22.3 Å². The Balaban J connectivity index is 1.86. The fraction of sp³-hybridized carbons (Fsp3) is 0.400. The number of hydrogen-bond acceptors (Lipinski definition) is 2. The average Bonchev–Trinajstić information content (AvgIpc) is 2.82. The minimum atomic E-state index is 0.347. The summed E-state index contributed by atoms with van der Waals surface area (Å²) in [6.07, 6.45) is 6.09. The maximum absolute atomic E-state index is 5.80. The molecule has 1 aliphatic heterocycles. The quantitative estimate of drug-likeness (QED) is 0.875. The molecule has 1 unspecified atom stereocenters. The highest BCUT2D eigenvalue weighted by molar-refractivity contribution is 7.80. The number of nitrogens with zero attached hydrogens (tertiary/aromatic N) is 1. The Labute approximate surface area is 118 Å². The van der Waals surface area contributed by atoms with Crippen molar-refractivity contribution >= 4 is 28.1 Å². The number of ether oxygens (including phenoxy) is 1. The van der Waals surface area contributed by atoms with E-state index in [0.717, 1.165) is 25.1 Å². The van der Waals surface area contributed by atoms with Crippen LogP contribution in [-0.2, 0) is 11.3 Å². The van der Waals surface area contributed by atoms with Crippen LogP contribution in [0.2, 0.25) is 0 Å². The van der Waals surface area contributed by atoms with Crippen molar-refractivity contribution in [3.8, 4) is 0 Å². The van der Waals surface area contributed by atoms with Crippen molar-refractivity contribution in [3.05, 3.63) is 36.0 Å². The SMILES string of the molecule is NC(=S)c1ccc2c(ccn2CC2CCCCO2)c1. The lowest BCUT2D eigenvalue weighted by Gasteiger charge is -2.23. The Morgan fingerprint density at radius 3 is 3.00 bits per heavy atom. The summed E-state index contributed by atoms with van der Waals surface area (Å²) in [7, 11) is 0. The van der Waals surface area contributed by atoms with E-state index in [0.29, 0.717) is 11.1 Å². The number of fused-ring (bicyclic) bond motifs is 1. The molecule has 0 bridgehead atoms. The predicted octanol–water partition coefficient (Wildman–Crippen LogP) is 2.84. The van der Waals surface area contributed by atoms with E-state index in [-0.39, 0.29) is 0 Å². The summed E-state index contributed by atoms with van der Waals surface area (Å²) in [6.45, 7) is 1.82. The first-order chi connectivity index (χ1) is 9.24. The van der Waals surface area contributed by atoms with E-state index in [4.69, 9.17) is 22.7 Å². The minimum Gasteiger partial charge on any atom is -0.389 e. The molecule has 0 spiro atoms. The third kappa shape index (κ3) is 2.65. The molecule has 3 rings (SSSR count). The van der Waals surface area contributed by atoms with E-state index in [1.807, 2.05) is 6.07 Å². The maximum atomic E-state index is 5.80. The van der Waals surface area contributed by atoms with Crippen molar-refractivity contribution in [1.29, 1.82) is 0 Å². The molecule has 2 aromatic rings. The standard InChI is InChI=1S/C15H18N2OS/c16-15(19)12-4-5-14-11(9-12)6-7-17(14)10-13-3-1-2-8-18-13/h4-7,9,13H,1-3,8,10H2,(H2,16,19). The molecule has 1 atom stereocenters. The number of benzene rings is 1. The molecule has 0 saturated carbocycles. The zero-order valence-electron chi connectivity index (χ0n) is 10.8. The lowest BCUT2D eigenvalue weighted by atomic mass is 10.1. The van der Waals surface area contributed by atoms with Crippen molar-refractivity contribution in [3.63, 3.8) is 0 Å². The number of thiocarbonyl (C=S) groups is 1. The summed E-state index contributed by atoms with van der Waals surface area (Å²) in [4.78, 5) is 0.449. The summed E-state index contributed by atoms with van der Waals surface area (Å²) in [5.41, 5.74) is 7.81. The molecular weight excluding hydrogens is 256 g/mol. The van der Waals surface area contributed by atoms with Crippen LogP contribution in [0.4, 0.5) is 0 Å². The lowest BCUT2D eigenvalue weighted by Crippen LogP contribution is -2.24. The van der Waals surface area contributed by atoms with E-state index in [9.17, 15) is 0 Å². The normalized spacial score (nSPS) is 19.7. The van der Waals surface area contributed by atoms with Gasteiger partial charge in [0.15, 0.2) is 0 Å². The average molecular weight is 274 g/mol. The molecule has 1 saturated heterocycles. The fourth-order valence-corrected chi connectivity index (χ4v) is 2.81. The Morgan fingerprint density at radius 1 is 1.37 bits per heavy atom. The van der Waals surface area contributed by atoms with Crippen LogP contribution in [0.25, 0.3) is 10.9 Å². The predicted molar refractivity (Wildman–Crippen MR) is 81.4 cm³/mol. The van der Waals surface area contributed by atoms with Gasteiger partial charge in [-0.3, -0.25) is 0 Å². The monoisotopic (exact) mass is 274 g/mol. The van der Waals surface area contributed by atoms with Gasteiger partial charge in [-0.15, -0.1) is 0 Å². The van der Waals surface area contributed by atoms with Gasteiger partial charge in [0.1, 0.15) is 4.99 Å². The molecule has 0 radical (unpaired) electrons. The highest BCUT2D eigenvalue weighted by Gasteiger charge is 2.15. The van der Waals surface area contributed by atoms with Crippen LogP contribution < -0.4 is 5.73 Å². The third-order valence-corrected chi connectivity index (χ3v) is 3.97. The number of aromatic nitrogens is 1. The molecule has 1 fully saturated rings. The lowest BCUT2D eigenvalue weighted by molar-refractivity contribution is 0.00670. The van der Waals surface area contributed by atoms with E-state index >= 15 is 0 Å². The first-order valence-corrected chi connectivity index (χ1v) is 7.15. The van der Waals surface area contributed by atoms with Gasteiger partial charge in [-0.2, -0.15) is 0 Å². The third-order valence-electron chi connectivity index (χ3n) is 3.73. The second-order valence-corrected chi connectivity index (χ2v) is 5.53. The molecule has 2 N–H and O–H groups in total. The smallest absolute Gasteiger partial charge is 0.104 e. The number of hydrogen-bond donors (Lipinski definition) is 1.